The minimum Gasteiger partial charge on any atom is -0.369 e. The third-order valence-electron chi connectivity index (χ3n) is 4.05. The van der Waals surface area contributed by atoms with E-state index in [9.17, 15) is 9.59 Å². The first-order valence-electron chi connectivity index (χ1n) is 7.16. The van der Waals surface area contributed by atoms with E-state index in [1.54, 1.807) is 18.0 Å². The molecule has 0 aromatic carbocycles. The van der Waals surface area contributed by atoms with Gasteiger partial charge in [0.05, 0.1) is 18.5 Å². The molecular formula is C14H22N4O3. The number of hydrogen-bond acceptors (Lipinski definition) is 5. The van der Waals surface area contributed by atoms with Crippen molar-refractivity contribution in [2.75, 3.05) is 26.7 Å². The average Bonchev–Trinajstić information content (AvgIpc) is 2.98. The maximum Gasteiger partial charge on any atom is 0.231 e. The highest BCUT2D eigenvalue weighted by molar-refractivity contribution is 5.80. The van der Waals surface area contributed by atoms with E-state index >= 15 is 0 Å². The van der Waals surface area contributed by atoms with Crippen LogP contribution in [0.3, 0.4) is 0 Å². The van der Waals surface area contributed by atoms with Gasteiger partial charge in [-0.15, -0.1) is 0 Å². The second kappa shape index (κ2) is 6.71. The van der Waals surface area contributed by atoms with Crippen LogP contribution in [0.1, 0.15) is 31.5 Å². The number of nitrogens with two attached hydrogens (primary N) is 1. The molecule has 7 nitrogen and oxygen atoms in total. The van der Waals surface area contributed by atoms with Gasteiger partial charge in [0.15, 0.2) is 0 Å². The summed E-state index contributed by atoms with van der Waals surface area (Å²) in [4.78, 5) is 27.2. The molecule has 2 unspecified atom stereocenters. The van der Waals surface area contributed by atoms with Crippen molar-refractivity contribution >= 4 is 11.8 Å². The van der Waals surface area contributed by atoms with Crippen LogP contribution >= 0.6 is 0 Å². The number of likely N-dealkylation sites (tertiary alicyclic amines) is 1. The van der Waals surface area contributed by atoms with Crippen LogP contribution in [0.2, 0.25) is 0 Å². The van der Waals surface area contributed by atoms with Crippen molar-refractivity contribution in [3.8, 4) is 0 Å². The van der Waals surface area contributed by atoms with E-state index in [0.29, 0.717) is 6.54 Å². The summed E-state index contributed by atoms with van der Waals surface area (Å²) in [5.41, 5.74) is 5.95. The molecule has 2 N–H and O–H groups in total. The van der Waals surface area contributed by atoms with Gasteiger partial charge in [0.25, 0.3) is 0 Å². The highest BCUT2D eigenvalue weighted by Crippen LogP contribution is 2.23. The third kappa shape index (κ3) is 3.81. The lowest BCUT2D eigenvalue weighted by Gasteiger charge is -2.34. The van der Waals surface area contributed by atoms with E-state index in [2.05, 4.69) is 5.16 Å². The summed E-state index contributed by atoms with van der Waals surface area (Å²) in [6.45, 7) is 3.53. The Morgan fingerprint density at radius 1 is 1.62 bits per heavy atom. The van der Waals surface area contributed by atoms with E-state index in [1.807, 2.05) is 11.8 Å². The highest BCUT2D eigenvalue weighted by atomic mass is 16.5. The summed E-state index contributed by atoms with van der Waals surface area (Å²) >= 11 is 0. The van der Waals surface area contributed by atoms with Gasteiger partial charge in [0.1, 0.15) is 12.0 Å². The van der Waals surface area contributed by atoms with Gasteiger partial charge < -0.3 is 15.2 Å². The predicted octanol–water partition coefficient (Wildman–Crippen LogP) is 0.391. The van der Waals surface area contributed by atoms with Crippen LogP contribution in [-0.4, -0.2) is 53.5 Å². The smallest absolute Gasteiger partial charge is 0.231 e. The van der Waals surface area contributed by atoms with Crippen LogP contribution in [0.25, 0.3) is 0 Å². The van der Waals surface area contributed by atoms with Crippen molar-refractivity contribution in [1.82, 2.24) is 15.0 Å². The van der Waals surface area contributed by atoms with Gasteiger partial charge in [0, 0.05) is 19.7 Å². The Hall–Kier alpha value is -1.89. The van der Waals surface area contributed by atoms with E-state index in [4.69, 9.17) is 10.3 Å². The van der Waals surface area contributed by atoms with Crippen LogP contribution in [0.5, 0.6) is 0 Å². The van der Waals surface area contributed by atoms with Gasteiger partial charge in [-0.2, -0.15) is 0 Å². The molecular weight excluding hydrogens is 272 g/mol. The van der Waals surface area contributed by atoms with E-state index in [0.717, 1.165) is 25.1 Å². The summed E-state index contributed by atoms with van der Waals surface area (Å²) in [7, 11) is 1.77. The van der Waals surface area contributed by atoms with Crippen molar-refractivity contribution < 1.29 is 14.1 Å². The molecule has 1 fully saturated rings. The molecule has 1 aromatic heterocycles. The molecule has 1 saturated heterocycles. The van der Waals surface area contributed by atoms with Crippen LogP contribution < -0.4 is 5.73 Å². The van der Waals surface area contributed by atoms with Crippen molar-refractivity contribution in [3.05, 3.63) is 18.0 Å². The van der Waals surface area contributed by atoms with Crippen molar-refractivity contribution in [2.45, 2.75) is 25.8 Å². The molecule has 0 aliphatic carbocycles. The summed E-state index contributed by atoms with van der Waals surface area (Å²) in [5, 5.41) is 3.88. The second-order valence-electron chi connectivity index (χ2n) is 5.59. The van der Waals surface area contributed by atoms with Gasteiger partial charge in [-0.3, -0.25) is 14.5 Å². The fraction of sp³-hybridized carbons (Fsp3) is 0.643. The first-order valence-corrected chi connectivity index (χ1v) is 7.16. The number of primary amides is 1. The van der Waals surface area contributed by atoms with E-state index < -0.39 is 0 Å². The number of amides is 2. The van der Waals surface area contributed by atoms with Crippen molar-refractivity contribution in [1.29, 1.82) is 0 Å². The Labute approximate surface area is 124 Å². The summed E-state index contributed by atoms with van der Waals surface area (Å²) in [5.74, 6) is -0.385. The predicted molar refractivity (Wildman–Crippen MR) is 76.0 cm³/mol. The van der Waals surface area contributed by atoms with Gasteiger partial charge >= 0.3 is 0 Å². The summed E-state index contributed by atoms with van der Waals surface area (Å²) < 4.78 is 4.82. The van der Waals surface area contributed by atoms with Crippen LogP contribution in [0.15, 0.2) is 16.9 Å². The lowest BCUT2D eigenvalue weighted by molar-refractivity contribution is -0.138. The molecule has 0 radical (unpaired) electrons. The number of carbonyl (C=O) groups excluding carboxylic acids is 2. The van der Waals surface area contributed by atoms with Crippen molar-refractivity contribution in [2.24, 2.45) is 11.7 Å². The quantitative estimate of drug-likeness (QED) is 0.848. The fourth-order valence-electron chi connectivity index (χ4n) is 2.74. The summed E-state index contributed by atoms with van der Waals surface area (Å²) in [6.07, 6.45) is 3.24. The van der Waals surface area contributed by atoms with E-state index in [-0.39, 0.29) is 30.3 Å². The summed E-state index contributed by atoms with van der Waals surface area (Å²) in [6, 6.07) is 1.62. The Morgan fingerprint density at radius 2 is 2.38 bits per heavy atom. The Bertz CT molecular complexity index is 488. The molecule has 1 aliphatic rings. The third-order valence-corrected chi connectivity index (χ3v) is 4.05. The van der Waals surface area contributed by atoms with Crippen LogP contribution in [0.4, 0.5) is 0 Å². The molecule has 7 heteroatoms. The SMILES string of the molecule is CC(c1ccon1)N(C)C(=O)C1CCCN(CC(N)=O)C1. The molecule has 0 spiro atoms. The number of rotatable bonds is 5. The molecule has 2 amide bonds. The topological polar surface area (TPSA) is 92.7 Å². The van der Waals surface area contributed by atoms with Gasteiger partial charge in [0.2, 0.25) is 11.8 Å². The molecule has 2 heterocycles. The maximum atomic E-state index is 12.6. The Morgan fingerprint density at radius 3 is 3.00 bits per heavy atom. The van der Waals surface area contributed by atoms with Crippen LogP contribution in [0, 0.1) is 5.92 Å². The average molecular weight is 294 g/mol. The molecule has 0 saturated carbocycles. The zero-order valence-corrected chi connectivity index (χ0v) is 12.5. The fourth-order valence-corrected chi connectivity index (χ4v) is 2.74. The lowest BCUT2D eigenvalue weighted by Crippen LogP contribution is -2.46. The second-order valence-corrected chi connectivity index (χ2v) is 5.59. The number of carbonyl (C=O) groups is 2. The molecule has 2 rings (SSSR count). The molecule has 1 aromatic rings. The molecule has 116 valence electrons. The normalized spacial score (nSPS) is 21.0. The number of aromatic nitrogens is 1. The minimum atomic E-state index is -0.354. The monoisotopic (exact) mass is 294 g/mol. The first-order chi connectivity index (χ1) is 9.99. The number of nitrogens with zero attached hydrogens (tertiary/aromatic N) is 3. The number of piperidine rings is 1. The highest BCUT2D eigenvalue weighted by Gasteiger charge is 2.30. The minimum absolute atomic E-state index is 0.0691. The lowest BCUT2D eigenvalue weighted by atomic mass is 9.96. The maximum absolute atomic E-state index is 12.6. The van der Waals surface area contributed by atoms with Gasteiger partial charge in [-0.05, 0) is 26.3 Å². The van der Waals surface area contributed by atoms with Gasteiger partial charge in [-0.25, -0.2) is 0 Å². The first kappa shape index (κ1) is 15.5. The Balaban J connectivity index is 1.96. The Kier molecular flexibility index (Phi) is 4.95. The number of hydrogen-bond donors (Lipinski definition) is 1. The standard InChI is InChI=1S/C14H22N4O3/c1-10(12-5-7-21-16-12)17(2)14(20)11-4-3-6-18(8-11)9-13(15)19/h5,7,10-11H,3-4,6,8-9H2,1-2H3,(H2,15,19). The zero-order chi connectivity index (χ0) is 15.4. The molecule has 1 aliphatic heterocycles. The van der Waals surface area contributed by atoms with E-state index in [1.165, 1.54) is 6.26 Å². The van der Waals surface area contributed by atoms with Crippen LogP contribution in [-0.2, 0) is 9.59 Å². The molecule has 2 atom stereocenters. The largest absolute Gasteiger partial charge is 0.369 e. The molecule has 21 heavy (non-hydrogen) atoms. The van der Waals surface area contributed by atoms with Gasteiger partial charge in [-0.1, -0.05) is 5.16 Å². The molecule has 0 bridgehead atoms. The van der Waals surface area contributed by atoms with Crippen molar-refractivity contribution in [3.63, 3.8) is 0 Å². The zero-order valence-electron chi connectivity index (χ0n) is 12.5.